The van der Waals surface area contributed by atoms with Crippen molar-refractivity contribution in [2.45, 2.75) is 0 Å². The molecule has 0 aromatic rings. The fourth-order valence-electron chi connectivity index (χ4n) is 0.251. The van der Waals surface area contributed by atoms with E-state index in [0.717, 1.165) is 0 Å². The summed E-state index contributed by atoms with van der Waals surface area (Å²) in [5, 5.41) is 1.88. The second-order valence-electron chi connectivity index (χ2n) is 1.11. The molecule has 0 bridgehead atoms. The van der Waals surface area contributed by atoms with Crippen molar-refractivity contribution < 1.29 is 9.59 Å². The van der Waals surface area contributed by atoms with Crippen LogP contribution in [0.5, 0.6) is 0 Å². The van der Waals surface area contributed by atoms with Crippen LogP contribution >= 0.6 is 0 Å². The molecule has 1 saturated heterocycles. The van der Waals surface area contributed by atoms with Crippen LogP contribution in [0.1, 0.15) is 0 Å². The summed E-state index contributed by atoms with van der Waals surface area (Å²) >= 11 is 0. The second kappa shape index (κ2) is 0.990. The van der Waals surface area contributed by atoms with Gasteiger partial charge < -0.3 is 4.81 Å². The number of rotatable bonds is 0. The highest BCUT2D eigenvalue weighted by atomic mass is 16.2. The molecule has 1 aliphatic rings. The van der Waals surface area contributed by atoms with E-state index in [0.29, 0.717) is 4.81 Å². The maximum absolute atomic E-state index is 9.91. The molecule has 0 aromatic carbocycles. The molecule has 0 saturated carbocycles. The minimum absolute atomic E-state index is 0.500. The van der Waals surface area contributed by atoms with Crippen molar-refractivity contribution in [1.29, 1.82) is 0 Å². The quantitative estimate of drug-likeness (QED) is 0.402. The van der Waals surface area contributed by atoms with Gasteiger partial charge in [-0.3, -0.25) is 5.32 Å². The van der Waals surface area contributed by atoms with E-state index in [4.69, 9.17) is 7.98 Å². The molecule has 0 atom stereocenters. The summed E-state index contributed by atoms with van der Waals surface area (Å²) in [7, 11) is 4.74. The number of urea groups is 2. The van der Waals surface area contributed by atoms with E-state index in [9.17, 15) is 9.59 Å². The minimum Gasteiger partial charge on any atom is -0.304 e. The third-order valence-electron chi connectivity index (χ3n) is 0.651. The van der Waals surface area contributed by atoms with E-state index >= 15 is 0 Å². The van der Waals surface area contributed by atoms with Crippen molar-refractivity contribution in [2.75, 3.05) is 0 Å². The van der Waals surface area contributed by atoms with Crippen molar-refractivity contribution in [1.82, 2.24) is 10.1 Å². The number of nitrogens with zero attached hydrogens (tertiary/aromatic N) is 1. The maximum Gasteiger partial charge on any atom is 0.320 e. The fraction of sp³-hybridized carbons (Fsp3) is 0. The molecule has 0 unspecified atom stereocenters. The Balaban J connectivity index is 2.59. The van der Waals surface area contributed by atoms with Crippen molar-refractivity contribution in [3.05, 3.63) is 0 Å². The first-order chi connectivity index (χ1) is 3.22. The summed E-state index contributed by atoms with van der Waals surface area (Å²) in [5.41, 5.74) is 0. The van der Waals surface area contributed by atoms with Crippen LogP contribution in [0, 0.1) is 0 Å². The van der Waals surface area contributed by atoms with Gasteiger partial charge in [0.05, 0.1) is 0 Å². The molecule has 1 aliphatic heterocycles. The molecule has 0 spiro atoms. The topological polar surface area (TPSA) is 49.4 Å². The van der Waals surface area contributed by atoms with Crippen LogP contribution in [0.15, 0.2) is 0 Å². The average Bonchev–Trinajstić information content (AvgIpc) is 1.68. The van der Waals surface area contributed by atoms with E-state index in [2.05, 4.69) is 0 Å². The van der Waals surface area contributed by atoms with Crippen molar-refractivity contribution in [2.24, 2.45) is 0 Å². The second-order valence-corrected chi connectivity index (χ2v) is 1.11. The van der Waals surface area contributed by atoms with Crippen LogP contribution in [-0.2, 0) is 0 Å². The number of nitrogens with one attached hydrogen (secondary N) is 1. The smallest absolute Gasteiger partial charge is 0.304 e. The van der Waals surface area contributed by atoms with Crippen molar-refractivity contribution in [3.8, 4) is 0 Å². The molecule has 7 heavy (non-hydrogen) atoms. The Morgan fingerprint density at radius 2 is 1.86 bits per heavy atom. The highest BCUT2D eigenvalue weighted by Crippen LogP contribution is 1.93. The monoisotopic (exact) mass is 96.0 g/mol. The van der Waals surface area contributed by atoms with Gasteiger partial charge >= 0.3 is 12.1 Å². The highest BCUT2D eigenvalue weighted by molar-refractivity contribution is 6.32. The Hall–Kier alpha value is -0.995. The Bertz CT molecular complexity index is 120. The van der Waals surface area contributed by atoms with Crippen LogP contribution in [0.4, 0.5) is 9.59 Å². The van der Waals surface area contributed by atoms with Crippen molar-refractivity contribution >= 4 is 20.0 Å². The third kappa shape index (κ3) is 0.373. The van der Waals surface area contributed by atoms with Gasteiger partial charge in [0, 0.05) is 0 Å². The Morgan fingerprint density at radius 1 is 1.43 bits per heavy atom. The van der Waals surface area contributed by atoms with Gasteiger partial charge in [0.2, 0.25) is 7.98 Å². The molecule has 34 valence electrons. The van der Waals surface area contributed by atoms with E-state index < -0.39 is 12.1 Å². The molecule has 1 fully saturated rings. The van der Waals surface area contributed by atoms with Crippen LogP contribution in [-0.4, -0.2) is 24.9 Å². The SMILES string of the molecule is [B]N1C(=O)NC1=O. The average molecular weight is 95.9 g/mol. The first-order valence-electron chi connectivity index (χ1n) is 1.61. The van der Waals surface area contributed by atoms with E-state index in [1.807, 2.05) is 5.32 Å². The lowest BCUT2D eigenvalue weighted by Gasteiger charge is -2.24. The van der Waals surface area contributed by atoms with E-state index in [1.54, 1.807) is 0 Å². The summed E-state index contributed by atoms with van der Waals surface area (Å²) in [6.45, 7) is 0. The van der Waals surface area contributed by atoms with Gasteiger partial charge in [0.15, 0.2) is 0 Å². The number of carbonyl (C=O) groups excluding carboxylic acids is 2. The summed E-state index contributed by atoms with van der Waals surface area (Å²) in [5.74, 6) is 0. The molecule has 5 heteroatoms. The molecular weight excluding hydrogens is 94.8 g/mol. The molecule has 4 amide bonds. The molecular formula is C2HBN2O2. The van der Waals surface area contributed by atoms with Gasteiger partial charge in [0.1, 0.15) is 0 Å². The van der Waals surface area contributed by atoms with E-state index in [-0.39, 0.29) is 0 Å². The van der Waals surface area contributed by atoms with E-state index in [1.165, 1.54) is 0 Å². The lowest BCUT2D eigenvalue weighted by atomic mass is 10.3. The molecule has 2 radical (unpaired) electrons. The summed E-state index contributed by atoms with van der Waals surface area (Å²) in [6.07, 6.45) is 0. The zero-order valence-corrected chi connectivity index (χ0v) is 3.34. The molecule has 0 aliphatic carbocycles. The third-order valence-corrected chi connectivity index (χ3v) is 0.651. The van der Waals surface area contributed by atoms with Crippen molar-refractivity contribution in [3.63, 3.8) is 0 Å². The van der Waals surface area contributed by atoms with Gasteiger partial charge in [-0.2, -0.15) is 0 Å². The molecule has 4 nitrogen and oxygen atoms in total. The summed E-state index contributed by atoms with van der Waals surface area (Å²) in [4.78, 5) is 20.3. The normalized spacial score (nSPS) is 18.6. The van der Waals surface area contributed by atoms with Crippen LogP contribution < -0.4 is 5.32 Å². The highest BCUT2D eigenvalue weighted by Gasteiger charge is 2.27. The number of hydrogen-bond acceptors (Lipinski definition) is 2. The molecule has 0 aromatic heterocycles. The van der Waals surface area contributed by atoms with Gasteiger partial charge in [-0.15, -0.1) is 0 Å². The lowest BCUT2D eigenvalue weighted by molar-refractivity contribution is 0.187. The van der Waals surface area contributed by atoms with Crippen LogP contribution in [0.2, 0.25) is 0 Å². The first-order valence-corrected chi connectivity index (χ1v) is 1.61. The van der Waals surface area contributed by atoms with Crippen LogP contribution in [0.3, 0.4) is 0 Å². The van der Waals surface area contributed by atoms with Gasteiger partial charge in [-0.05, 0) is 0 Å². The standard InChI is InChI=1S/C2HBN2O2/c3-5-1(6)4-2(5)7/h(H,4,6,7). The predicted octanol–water partition coefficient (Wildman–Crippen LogP) is -0.785. The Morgan fingerprint density at radius 3 is 1.86 bits per heavy atom. The van der Waals surface area contributed by atoms with Gasteiger partial charge in [-0.25, -0.2) is 9.59 Å². The fourth-order valence-corrected chi connectivity index (χ4v) is 0.251. The first kappa shape index (κ1) is 4.17. The predicted molar refractivity (Wildman–Crippen MR) is 21.5 cm³/mol. The molecule has 1 N–H and O–H groups in total. The molecule has 1 rings (SSSR count). The lowest BCUT2D eigenvalue weighted by Crippen LogP contribution is -2.59. The Kier molecular flexibility index (Phi) is 0.590. The number of imide groups is 2. The maximum atomic E-state index is 9.91. The number of carbonyl (C=O) groups is 2. The zero-order chi connectivity index (χ0) is 5.44. The number of amides is 4. The summed E-state index contributed by atoms with van der Waals surface area (Å²) < 4.78 is 0. The largest absolute Gasteiger partial charge is 0.320 e. The van der Waals surface area contributed by atoms with Gasteiger partial charge in [0.25, 0.3) is 0 Å². The summed E-state index contributed by atoms with van der Waals surface area (Å²) in [6, 6.07) is -1.10. The minimum atomic E-state index is -0.551. The number of hydrogen-bond donors (Lipinski definition) is 1. The Labute approximate surface area is 40.9 Å². The van der Waals surface area contributed by atoms with Crippen LogP contribution in [0.25, 0.3) is 0 Å². The molecule has 1 heterocycles. The zero-order valence-electron chi connectivity index (χ0n) is 3.34. The van der Waals surface area contributed by atoms with Gasteiger partial charge in [-0.1, -0.05) is 0 Å².